The first-order chi connectivity index (χ1) is 10.1. The van der Waals surface area contributed by atoms with Gasteiger partial charge in [-0.3, -0.25) is 0 Å². The van der Waals surface area contributed by atoms with Crippen LogP contribution in [0.5, 0.6) is 0 Å². The molecule has 0 radical (unpaired) electrons. The van der Waals surface area contributed by atoms with Crippen molar-refractivity contribution < 1.29 is 13.2 Å². The van der Waals surface area contributed by atoms with E-state index in [0.29, 0.717) is 17.4 Å². The standard InChI is InChI=1S/C17H27F3N2/c1-11(2)6-5-7-13(4)15(16(21)17(18,19)20)10-22-14-8-12(3)9-14/h5-7,10-12,14,16,22H,8-9,21H2,1-4H3/b6-5-,13-7+,15-10-. The summed E-state index contributed by atoms with van der Waals surface area (Å²) in [6.45, 7) is 7.81. The molecule has 5 heteroatoms. The van der Waals surface area contributed by atoms with Gasteiger partial charge in [0, 0.05) is 12.2 Å². The number of nitrogens with two attached hydrogens (primary N) is 1. The van der Waals surface area contributed by atoms with E-state index in [9.17, 15) is 13.2 Å². The maximum Gasteiger partial charge on any atom is 0.407 e. The van der Waals surface area contributed by atoms with E-state index >= 15 is 0 Å². The van der Waals surface area contributed by atoms with E-state index in [1.807, 2.05) is 19.9 Å². The SMILES string of the molecule is CC(=C\C=C/C(C)C)/C(=C/NC1CC(C)C1)C(N)C(F)(F)F. The first-order valence-corrected chi connectivity index (χ1v) is 7.75. The lowest BCUT2D eigenvalue weighted by atomic mass is 9.82. The van der Waals surface area contributed by atoms with Gasteiger partial charge in [-0.1, -0.05) is 39.0 Å². The molecule has 126 valence electrons. The zero-order chi connectivity index (χ0) is 16.9. The van der Waals surface area contributed by atoms with Gasteiger partial charge < -0.3 is 11.1 Å². The molecule has 1 rings (SSSR count). The Bertz CT molecular complexity index is 441. The summed E-state index contributed by atoms with van der Waals surface area (Å²) in [6, 6.07) is -1.72. The lowest BCUT2D eigenvalue weighted by molar-refractivity contribution is -0.138. The second-order valence-corrected chi connectivity index (χ2v) is 6.54. The molecule has 0 heterocycles. The van der Waals surface area contributed by atoms with Crippen LogP contribution < -0.4 is 11.1 Å². The number of allylic oxidation sites excluding steroid dienone is 3. The fourth-order valence-corrected chi connectivity index (χ4v) is 2.39. The molecule has 0 amide bonds. The minimum Gasteiger partial charge on any atom is -0.388 e. The quantitative estimate of drug-likeness (QED) is 0.717. The molecule has 0 aromatic carbocycles. The molecule has 22 heavy (non-hydrogen) atoms. The number of halogens is 3. The first-order valence-electron chi connectivity index (χ1n) is 7.75. The highest BCUT2D eigenvalue weighted by Crippen LogP contribution is 2.29. The Balaban J connectivity index is 2.87. The summed E-state index contributed by atoms with van der Waals surface area (Å²) in [5.74, 6) is 0.985. The minimum atomic E-state index is -4.45. The van der Waals surface area contributed by atoms with E-state index in [2.05, 4.69) is 12.2 Å². The van der Waals surface area contributed by atoms with Crippen molar-refractivity contribution in [3.05, 3.63) is 35.6 Å². The maximum absolute atomic E-state index is 13.0. The topological polar surface area (TPSA) is 38.0 Å². The molecule has 1 saturated carbocycles. The largest absolute Gasteiger partial charge is 0.407 e. The zero-order valence-electron chi connectivity index (χ0n) is 13.7. The number of hydrogen-bond donors (Lipinski definition) is 2. The fourth-order valence-electron chi connectivity index (χ4n) is 2.39. The molecule has 0 bridgehead atoms. The Labute approximate surface area is 131 Å². The number of nitrogens with one attached hydrogen (secondary N) is 1. The van der Waals surface area contributed by atoms with Crippen molar-refractivity contribution in [1.29, 1.82) is 0 Å². The predicted molar refractivity (Wildman–Crippen MR) is 85.2 cm³/mol. The molecule has 2 nitrogen and oxygen atoms in total. The van der Waals surface area contributed by atoms with Gasteiger partial charge in [0.15, 0.2) is 0 Å². The van der Waals surface area contributed by atoms with Gasteiger partial charge in [-0.2, -0.15) is 13.2 Å². The van der Waals surface area contributed by atoms with Gasteiger partial charge in [0.1, 0.15) is 6.04 Å². The van der Waals surface area contributed by atoms with Crippen molar-refractivity contribution in [1.82, 2.24) is 5.32 Å². The highest BCUT2D eigenvalue weighted by molar-refractivity contribution is 5.36. The smallest absolute Gasteiger partial charge is 0.388 e. The predicted octanol–water partition coefficient (Wildman–Crippen LogP) is 4.31. The van der Waals surface area contributed by atoms with Gasteiger partial charge in [-0.15, -0.1) is 0 Å². The van der Waals surface area contributed by atoms with Crippen molar-refractivity contribution in [3.8, 4) is 0 Å². The molecule has 1 fully saturated rings. The highest BCUT2D eigenvalue weighted by atomic mass is 19.4. The van der Waals surface area contributed by atoms with Crippen LogP contribution in [0.15, 0.2) is 35.6 Å². The van der Waals surface area contributed by atoms with Crippen LogP contribution in [0.4, 0.5) is 13.2 Å². The van der Waals surface area contributed by atoms with Crippen LogP contribution in [-0.2, 0) is 0 Å². The Morgan fingerprint density at radius 3 is 2.32 bits per heavy atom. The van der Waals surface area contributed by atoms with E-state index in [-0.39, 0.29) is 11.6 Å². The normalized spacial score (nSPS) is 25.5. The summed E-state index contributed by atoms with van der Waals surface area (Å²) in [5.41, 5.74) is 6.03. The Kier molecular flexibility index (Phi) is 6.72. The molecule has 1 aliphatic carbocycles. The van der Waals surface area contributed by atoms with E-state index in [1.165, 1.54) is 6.20 Å². The second-order valence-electron chi connectivity index (χ2n) is 6.54. The van der Waals surface area contributed by atoms with Crippen LogP contribution in [-0.4, -0.2) is 18.3 Å². The minimum absolute atomic E-state index is 0.0976. The van der Waals surface area contributed by atoms with Gasteiger partial charge in [0.2, 0.25) is 0 Å². The number of rotatable bonds is 6. The molecule has 1 aliphatic rings. The number of hydrogen-bond acceptors (Lipinski definition) is 2. The summed E-state index contributed by atoms with van der Waals surface area (Å²) in [5, 5.41) is 3.08. The Hall–Kier alpha value is -1.23. The molecular formula is C17H27F3N2. The molecule has 1 atom stereocenters. The molecule has 0 aliphatic heterocycles. The fraction of sp³-hybridized carbons (Fsp3) is 0.647. The van der Waals surface area contributed by atoms with Gasteiger partial charge in [0.05, 0.1) is 0 Å². The van der Waals surface area contributed by atoms with E-state index < -0.39 is 12.2 Å². The molecule has 3 N–H and O–H groups in total. The lowest BCUT2D eigenvalue weighted by Gasteiger charge is -2.33. The molecule has 0 spiro atoms. The van der Waals surface area contributed by atoms with Crippen LogP contribution in [0.3, 0.4) is 0 Å². The third kappa shape index (κ3) is 5.87. The summed E-state index contributed by atoms with van der Waals surface area (Å²) in [7, 11) is 0. The third-order valence-electron chi connectivity index (χ3n) is 3.83. The van der Waals surface area contributed by atoms with Crippen molar-refractivity contribution in [2.24, 2.45) is 17.6 Å². The second kappa shape index (κ2) is 7.86. The van der Waals surface area contributed by atoms with Gasteiger partial charge in [0.25, 0.3) is 0 Å². The van der Waals surface area contributed by atoms with Gasteiger partial charge >= 0.3 is 6.18 Å². The monoisotopic (exact) mass is 316 g/mol. The van der Waals surface area contributed by atoms with Crippen molar-refractivity contribution in [2.75, 3.05) is 0 Å². The molecule has 1 unspecified atom stereocenters. The average molecular weight is 316 g/mol. The van der Waals surface area contributed by atoms with Crippen LogP contribution in [0.25, 0.3) is 0 Å². The third-order valence-corrected chi connectivity index (χ3v) is 3.83. The molecule has 0 aromatic rings. The summed E-state index contributed by atoms with van der Waals surface area (Å²) >= 11 is 0. The highest BCUT2D eigenvalue weighted by Gasteiger charge is 2.39. The van der Waals surface area contributed by atoms with Crippen LogP contribution in [0.2, 0.25) is 0 Å². The van der Waals surface area contributed by atoms with Crippen LogP contribution >= 0.6 is 0 Å². The molecule has 0 saturated heterocycles. The van der Waals surface area contributed by atoms with Crippen molar-refractivity contribution in [3.63, 3.8) is 0 Å². The Morgan fingerprint density at radius 1 is 1.27 bits per heavy atom. The van der Waals surface area contributed by atoms with E-state index in [1.54, 1.807) is 19.1 Å². The summed E-state index contributed by atoms with van der Waals surface area (Å²) in [6.07, 6.45) is 4.37. The van der Waals surface area contributed by atoms with E-state index in [4.69, 9.17) is 5.73 Å². The Morgan fingerprint density at radius 2 is 1.86 bits per heavy atom. The van der Waals surface area contributed by atoms with E-state index in [0.717, 1.165) is 12.8 Å². The van der Waals surface area contributed by atoms with Crippen molar-refractivity contribution >= 4 is 0 Å². The molecular weight excluding hydrogens is 289 g/mol. The number of alkyl halides is 3. The van der Waals surface area contributed by atoms with Crippen molar-refractivity contribution in [2.45, 2.75) is 58.8 Å². The lowest BCUT2D eigenvalue weighted by Crippen LogP contribution is -2.42. The summed E-state index contributed by atoms with van der Waals surface area (Å²) in [4.78, 5) is 0. The maximum atomic E-state index is 13.0. The van der Waals surface area contributed by atoms with Crippen LogP contribution in [0, 0.1) is 11.8 Å². The first kappa shape index (κ1) is 18.8. The van der Waals surface area contributed by atoms with Gasteiger partial charge in [-0.05, 0) is 42.7 Å². The molecule has 0 aromatic heterocycles. The summed E-state index contributed by atoms with van der Waals surface area (Å²) < 4.78 is 38.9. The van der Waals surface area contributed by atoms with Gasteiger partial charge in [-0.25, -0.2) is 0 Å². The zero-order valence-corrected chi connectivity index (χ0v) is 13.7. The van der Waals surface area contributed by atoms with Crippen LogP contribution in [0.1, 0.15) is 40.5 Å². The average Bonchev–Trinajstić information content (AvgIpc) is 2.34.